The number of rotatable bonds is 5. The maximum atomic E-state index is 11.1. The van der Waals surface area contributed by atoms with Crippen LogP contribution in [0.3, 0.4) is 0 Å². The van der Waals surface area contributed by atoms with Gasteiger partial charge >= 0.3 is 0 Å². The Morgan fingerprint density at radius 1 is 1.47 bits per heavy atom. The molecule has 0 aromatic carbocycles. The van der Waals surface area contributed by atoms with Crippen LogP contribution in [0.4, 0.5) is 0 Å². The average Bonchev–Trinajstić information content (AvgIpc) is 2.17. The molecule has 0 spiro atoms. The molecule has 1 atom stereocenters. The molecule has 1 saturated heterocycles. The molecule has 0 aliphatic carbocycles. The van der Waals surface area contributed by atoms with Crippen molar-refractivity contribution in [3.05, 3.63) is 0 Å². The summed E-state index contributed by atoms with van der Waals surface area (Å²) in [5.74, 6) is 0.510. The quantitative estimate of drug-likeness (QED) is 0.652. The van der Waals surface area contributed by atoms with Crippen molar-refractivity contribution in [3.63, 3.8) is 0 Å². The Morgan fingerprint density at radius 2 is 2.07 bits per heavy atom. The highest BCUT2D eigenvalue weighted by Gasteiger charge is 2.23. The Labute approximate surface area is 90.7 Å². The number of hydrogen-bond donors (Lipinski definition) is 2. The largest absolute Gasteiger partial charge is 0.389 e. The molecule has 0 aromatic heterocycles. The zero-order valence-electron chi connectivity index (χ0n) is 8.98. The van der Waals surface area contributed by atoms with Crippen LogP contribution in [-0.2, 0) is 14.6 Å². The molecule has 1 aliphatic heterocycles. The van der Waals surface area contributed by atoms with Gasteiger partial charge in [0.2, 0.25) is 0 Å². The van der Waals surface area contributed by atoms with Crippen molar-refractivity contribution in [1.29, 1.82) is 0 Å². The van der Waals surface area contributed by atoms with Gasteiger partial charge in [-0.3, -0.25) is 0 Å². The molecule has 0 bridgehead atoms. The van der Waals surface area contributed by atoms with E-state index in [0.717, 1.165) is 0 Å². The van der Waals surface area contributed by atoms with Gasteiger partial charge in [0.05, 0.1) is 24.2 Å². The van der Waals surface area contributed by atoms with Gasteiger partial charge < -0.3 is 15.2 Å². The minimum atomic E-state index is -2.79. The van der Waals surface area contributed by atoms with E-state index >= 15 is 0 Å². The van der Waals surface area contributed by atoms with Crippen molar-refractivity contribution < 1.29 is 18.3 Å². The summed E-state index contributed by atoms with van der Waals surface area (Å²) in [5.41, 5.74) is 0. The van der Waals surface area contributed by atoms with E-state index < -0.39 is 15.9 Å². The van der Waals surface area contributed by atoms with Crippen molar-refractivity contribution in [1.82, 2.24) is 5.32 Å². The SMILES string of the molecule is COCC(O)CNC1CCS(=O)(=O)CC1. The zero-order chi connectivity index (χ0) is 11.3. The first-order valence-corrected chi connectivity index (χ1v) is 6.96. The number of aliphatic hydroxyl groups excluding tert-OH is 1. The van der Waals surface area contributed by atoms with Crippen molar-refractivity contribution in [2.24, 2.45) is 0 Å². The Hall–Kier alpha value is -0.170. The van der Waals surface area contributed by atoms with Gasteiger partial charge in [0, 0.05) is 19.7 Å². The maximum absolute atomic E-state index is 11.1. The Morgan fingerprint density at radius 3 is 2.60 bits per heavy atom. The second-order valence-corrected chi connectivity index (χ2v) is 6.25. The molecular weight excluding hydrogens is 218 g/mol. The summed E-state index contributed by atoms with van der Waals surface area (Å²) in [5, 5.41) is 12.5. The molecular formula is C9H19NO4S. The molecule has 1 rings (SSSR count). The van der Waals surface area contributed by atoms with Crippen molar-refractivity contribution >= 4 is 9.84 Å². The second kappa shape index (κ2) is 5.79. The van der Waals surface area contributed by atoms with E-state index in [1.165, 1.54) is 7.11 Å². The van der Waals surface area contributed by atoms with Gasteiger partial charge in [0.25, 0.3) is 0 Å². The predicted octanol–water partition coefficient (Wildman–Crippen LogP) is -0.839. The Bertz CT molecular complexity index is 264. The van der Waals surface area contributed by atoms with Crippen LogP contribution < -0.4 is 5.32 Å². The van der Waals surface area contributed by atoms with Crippen LogP contribution in [0.1, 0.15) is 12.8 Å². The van der Waals surface area contributed by atoms with E-state index in [0.29, 0.717) is 26.0 Å². The summed E-state index contributed by atoms with van der Waals surface area (Å²) in [7, 11) is -1.25. The minimum absolute atomic E-state index is 0.208. The molecule has 15 heavy (non-hydrogen) atoms. The zero-order valence-corrected chi connectivity index (χ0v) is 9.79. The van der Waals surface area contributed by atoms with Crippen LogP contribution >= 0.6 is 0 Å². The summed E-state index contributed by atoms with van der Waals surface area (Å²) in [6, 6.07) is 0.208. The van der Waals surface area contributed by atoms with Crippen LogP contribution in [0, 0.1) is 0 Å². The first-order valence-electron chi connectivity index (χ1n) is 5.14. The van der Waals surface area contributed by atoms with Crippen LogP contribution in [0.25, 0.3) is 0 Å². The van der Waals surface area contributed by atoms with Gasteiger partial charge in [0.15, 0.2) is 0 Å². The molecule has 1 fully saturated rings. The van der Waals surface area contributed by atoms with Crippen LogP contribution in [0.15, 0.2) is 0 Å². The summed E-state index contributed by atoms with van der Waals surface area (Å²) in [4.78, 5) is 0. The fraction of sp³-hybridized carbons (Fsp3) is 1.00. The predicted molar refractivity (Wildman–Crippen MR) is 57.6 cm³/mol. The first-order chi connectivity index (χ1) is 7.03. The van der Waals surface area contributed by atoms with Crippen molar-refractivity contribution in [3.8, 4) is 0 Å². The Balaban J connectivity index is 2.19. The fourth-order valence-corrected chi connectivity index (χ4v) is 3.14. The number of ether oxygens (including phenoxy) is 1. The van der Waals surface area contributed by atoms with Crippen LogP contribution in [0.2, 0.25) is 0 Å². The van der Waals surface area contributed by atoms with Gasteiger partial charge in [-0.15, -0.1) is 0 Å². The van der Waals surface area contributed by atoms with E-state index in [-0.39, 0.29) is 17.5 Å². The number of sulfone groups is 1. The minimum Gasteiger partial charge on any atom is -0.389 e. The number of aliphatic hydroxyl groups is 1. The third-order valence-electron chi connectivity index (χ3n) is 2.56. The van der Waals surface area contributed by atoms with Crippen molar-refractivity contribution in [2.75, 3.05) is 31.8 Å². The maximum Gasteiger partial charge on any atom is 0.150 e. The van der Waals surface area contributed by atoms with E-state index in [1.807, 2.05) is 0 Å². The molecule has 5 nitrogen and oxygen atoms in total. The van der Waals surface area contributed by atoms with Gasteiger partial charge in [-0.05, 0) is 12.8 Å². The summed E-state index contributed by atoms with van der Waals surface area (Å²) in [6.07, 6.45) is 0.762. The molecule has 0 radical (unpaired) electrons. The molecule has 0 amide bonds. The normalized spacial score (nSPS) is 23.9. The molecule has 1 heterocycles. The fourth-order valence-electron chi connectivity index (χ4n) is 1.65. The standard InChI is InChI=1S/C9H19NO4S/c1-14-7-9(11)6-10-8-2-4-15(12,13)5-3-8/h8-11H,2-7H2,1H3. The van der Waals surface area contributed by atoms with Gasteiger partial charge in [-0.1, -0.05) is 0 Å². The summed E-state index contributed by atoms with van der Waals surface area (Å²) >= 11 is 0. The van der Waals surface area contributed by atoms with Gasteiger partial charge in [0.1, 0.15) is 9.84 Å². The molecule has 90 valence electrons. The number of methoxy groups -OCH3 is 1. The molecule has 2 N–H and O–H groups in total. The van der Waals surface area contributed by atoms with Gasteiger partial charge in [-0.25, -0.2) is 8.42 Å². The molecule has 1 aliphatic rings. The van der Waals surface area contributed by atoms with E-state index in [2.05, 4.69) is 5.32 Å². The summed E-state index contributed by atoms with van der Waals surface area (Å²) in [6.45, 7) is 0.760. The van der Waals surface area contributed by atoms with Gasteiger partial charge in [-0.2, -0.15) is 0 Å². The number of nitrogens with one attached hydrogen (secondary N) is 1. The lowest BCUT2D eigenvalue weighted by atomic mass is 10.1. The molecule has 1 unspecified atom stereocenters. The van der Waals surface area contributed by atoms with E-state index in [9.17, 15) is 13.5 Å². The topological polar surface area (TPSA) is 75.6 Å². The third-order valence-corrected chi connectivity index (χ3v) is 4.27. The number of hydrogen-bond acceptors (Lipinski definition) is 5. The molecule has 0 aromatic rings. The average molecular weight is 237 g/mol. The second-order valence-electron chi connectivity index (χ2n) is 3.94. The van der Waals surface area contributed by atoms with Crippen molar-refractivity contribution in [2.45, 2.75) is 25.0 Å². The lowest BCUT2D eigenvalue weighted by Gasteiger charge is -2.24. The molecule has 0 saturated carbocycles. The highest BCUT2D eigenvalue weighted by molar-refractivity contribution is 7.91. The molecule has 6 heteroatoms. The monoisotopic (exact) mass is 237 g/mol. The smallest absolute Gasteiger partial charge is 0.150 e. The highest BCUT2D eigenvalue weighted by atomic mass is 32.2. The third kappa shape index (κ3) is 4.92. The first kappa shape index (κ1) is 12.9. The van der Waals surface area contributed by atoms with E-state index in [1.54, 1.807) is 0 Å². The highest BCUT2D eigenvalue weighted by Crippen LogP contribution is 2.11. The lowest BCUT2D eigenvalue weighted by molar-refractivity contribution is 0.0625. The lowest BCUT2D eigenvalue weighted by Crippen LogP contribution is -2.41. The van der Waals surface area contributed by atoms with E-state index in [4.69, 9.17) is 4.74 Å². The Kier molecular flexibility index (Phi) is 4.98. The van der Waals surface area contributed by atoms with Crippen LogP contribution in [-0.4, -0.2) is 57.4 Å². The van der Waals surface area contributed by atoms with Crippen LogP contribution in [0.5, 0.6) is 0 Å². The summed E-state index contributed by atoms with van der Waals surface area (Å²) < 4.78 is 27.1.